The van der Waals surface area contributed by atoms with Crippen LogP contribution in [0.2, 0.25) is 0 Å². The molecule has 2 rings (SSSR count). The molecule has 23 heavy (non-hydrogen) atoms. The largest absolute Gasteiger partial charge is 0.347 e. The van der Waals surface area contributed by atoms with E-state index in [0.29, 0.717) is 6.04 Å². The molecule has 4 nitrogen and oxygen atoms in total. The molecule has 0 radical (unpaired) electrons. The molecular formula is C19H31N3O. The van der Waals surface area contributed by atoms with Gasteiger partial charge in [-0.05, 0) is 23.5 Å². The minimum absolute atomic E-state index is 0.127. The molecule has 2 atom stereocenters. The van der Waals surface area contributed by atoms with Gasteiger partial charge < -0.3 is 10.2 Å². The summed E-state index contributed by atoms with van der Waals surface area (Å²) in [5, 5.41) is 3.40. The van der Waals surface area contributed by atoms with Crippen molar-refractivity contribution < 1.29 is 4.79 Å². The van der Waals surface area contributed by atoms with Gasteiger partial charge in [0.1, 0.15) is 6.04 Å². The Morgan fingerprint density at radius 3 is 2.35 bits per heavy atom. The second-order valence-electron chi connectivity index (χ2n) is 7.80. The van der Waals surface area contributed by atoms with Crippen LogP contribution in [-0.2, 0) is 10.2 Å². The lowest BCUT2D eigenvalue weighted by Gasteiger charge is -2.40. The molecule has 1 heterocycles. The van der Waals surface area contributed by atoms with Gasteiger partial charge in [0.15, 0.2) is 0 Å². The summed E-state index contributed by atoms with van der Waals surface area (Å²) in [6.45, 7) is 11.6. The summed E-state index contributed by atoms with van der Waals surface area (Å²) in [6, 6.07) is 8.73. The lowest BCUT2D eigenvalue weighted by Crippen LogP contribution is -2.54. The zero-order valence-electron chi connectivity index (χ0n) is 15.4. The minimum Gasteiger partial charge on any atom is -0.347 e. The number of nitrogens with one attached hydrogen (secondary N) is 1. The molecule has 1 aromatic rings. The number of carbonyl (C=O) groups excluding carboxylic acids is 1. The van der Waals surface area contributed by atoms with Gasteiger partial charge >= 0.3 is 0 Å². The average molecular weight is 317 g/mol. The van der Waals surface area contributed by atoms with Crippen LogP contribution in [0.15, 0.2) is 24.3 Å². The first-order chi connectivity index (χ1) is 10.7. The summed E-state index contributed by atoms with van der Waals surface area (Å²) in [7, 11) is 3.68. The van der Waals surface area contributed by atoms with Gasteiger partial charge in [-0.2, -0.15) is 0 Å². The van der Waals surface area contributed by atoms with E-state index in [-0.39, 0.29) is 17.4 Å². The first-order valence-corrected chi connectivity index (χ1v) is 8.50. The molecule has 0 aromatic heterocycles. The second kappa shape index (κ2) is 7.02. The molecular weight excluding hydrogens is 286 g/mol. The van der Waals surface area contributed by atoms with Gasteiger partial charge in [0.2, 0.25) is 5.91 Å². The van der Waals surface area contributed by atoms with Crippen LogP contribution >= 0.6 is 0 Å². The Kier molecular flexibility index (Phi) is 5.48. The van der Waals surface area contributed by atoms with Crippen LogP contribution in [0.25, 0.3) is 0 Å². The smallest absolute Gasteiger partial charge is 0.244 e. The second-order valence-corrected chi connectivity index (χ2v) is 7.80. The third kappa shape index (κ3) is 4.12. The molecule has 1 fully saturated rings. The predicted molar refractivity (Wildman–Crippen MR) is 95.6 cm³/mol. The van der Waals surface area contributed by atoms with Gasteiger partial charge in [0.05, 0.1) is 0 Å². The summed E-state index contributed by atoms with van der Waals surface area (Å²) < 4.78 is 0. The fraction of sp³-hybridized carbons (Fsp3) is 0.632. The number of hydrogen-bond acceptors (Lipinski definition) is 3. The molecule has 1 aliphatic heterocycles. The highest BCUT2D eigenvalue weighted by atomic mass is 16.2. The quantitative estimate of drug-likeness (QED) is 0.930. The molecule has 1 saturated heterocycles. The fourth-order valence-electron chi connectivity index (χ4n) is 3.13. The maximum atomic E-state index is 12.8. The van der Waals surface area contributed by atoms with Gasteiger partial charge in [-0.15, -0.1) is 0 Å². The molecule has 2 unspecified atom stereocenters. The van der Waals surface area contributed by atoms with Crippen molar-refractivity contribution in [1.29, 1.82) is 0 Å². The van der Waals surface area contributed by atoms with Crippen LogP contribution in [0, 0.1) is 0 Å². The Balaban J connectivity index is 2.35. The van der Waals surface area contributed by atoms with E-state index >= 15 is 0 Å². The molecule has 1 N–H and O–H groups in total. The van der Waals surface area contributed by atoms with E-state index < -0.39 is 0 Å². The normalized spacial score (nSPS) is 21.0. The van der Waals surface area contributed by atoms with Gasteiger partial charge in [-0.1, -0.05) is 45.0 Å². The van der Waals surface area contributed by atoms with E-state index in [4.69, 9.17) is 0 Å². The maximum Gasteiger partial charge on any atom is 0.244 e. The number of carbonyl (C=O) groups is 1. The number of benzene rings is 1. The van der Waals surface area contributed by atoms with Crippen LogP contribution in [0.3, 0.4) is 0 Å². The van der Waals surface area contributed by atoms with Crippen molar-refractivity contribution in [2.24, 2.45) is 0 Å². The lowest BCUT2D eigenvalue weighted by molar-refractivity contribution is -0.136. The molecule has 0 saturated carbocycles. The van der Waals surface area contributed by atoms with E-state index in [2.05, 4.69) is 62.2 Å². The van der Waals surface area contributed by atoms with Crippen molar-refractivity contribution in [3.63, 3.8) is 0 Å². The number of piperazine rings is 1. The topological polar surface area (TPSA) is 35.6 Å². The maximum absolute atomic E-state index is 12.8. The van der Waals surface area contributed by atoms with E-state index in [1.54, 1.807) is 4.90 Å². The van der Waals surface area contributed by atoms with Gasteiger partial charge in [0.25, 0.3) is 0 Å². The third-order valence-corrected chi connectivity index (χ3v) is 4.65. The molecule has 1 aromatic carbocycles. The number of hydrogen-bond donors (Lipinski definition) is 1. The zero-order chi connectivity index (χ0) is 17.2. The van der Waals surface area contributed by atoms with Crippen molar-refractivity contribution >= 4 is 5.91 Å². The van der Waals surface area contributed by atoms with Crippen molar-refractivity contribution in [3.05, 3.63) is 35.4 Å². The van der Waals surface area contributed by atoms with Gasteiger partial charge in [-0.25, -0.2) is 0 Å². The van der Waals surface area contributed by atoms with Gasteiger partial charge in [-0.3, -0.25) is 9.69 Å². The molecule has 0 bridgehead atoms. The molecule has 4 heteroatoms. The first kappa shape index (κ1) is 18.0. The van der Waals surface area contributed by atoms with E-state index in [9.17, 15) is 4.79 Å². The Labute approximate surface area is 140 Å². The summed E-state index contributed by atoms with van der Waals surface area (Å²) in [5.74, 6) is 0.155. The third-order valence-electron chi connectivity index (χ3n) is 4.65. The molecule has 0 spiro atoms. The van der Waals surface area contributed by atoms with Crippen LogP contribution in [-0.4, -0.2) is 55.5 Å². The first-order valence-electron chi connectivity index (χ1n) is 8.50. The average Bonchev–Trinajstić information content (AvgIpc) is 2.49. The van der Waals surface area contributed by atoms with Crippen LogP contribution in [0.1, 0.15) is 44.9 Å². The molecule has 1 amide bonds. The zero-order valence-corrected chi connectivity index (χ0v) is 15.4. The van der Waals surface area contributed by atoms with E-state index in [1.807, 2.05) is 14.1 Å². The van der Waals surface area contributed by atoms with Gasteiger partial charge in [0, 0.05) is 39.8 Å². The Hall–Kier alpha value is -1.39. The lowest BCUT2D eigenvalue weighted by atomic mass is 9.86. The summed E-state index contributed by atoms with van der Waals surface area (Å²) in [5.41, 5.74) is 2.51. The summed E-state index contributed by atoms with van der Waals surface area (Å²) in [4.78, 5) is 16.9. The van der Waals surface area contributed by atoms with Crippen LogP contribution < -0.4 is 5.32 Å². The van der Waals surface area contributed by atoms with Crippen LogP contribution in [0.5, 0.6) is 0 Å². The standard InChI is InChI=1S/C19H31N3O/c1-14-13-20-11-12-22(14)17(18(23)21(5)6)15-7-9-16(10-8-15)19(2,3)4/h7-10,14,17,20H,11-13H2,1-6H3. The molecule has 0 aliphatic carbocycles. The highest BCUT2D eigenvalue weighted by Gasteiger charge is 2.33. The summed E-state index contributed by atoms with van der Waals surface area (Å²) in [6.07, 6.45) is 0. The minimum atomic E-state index is -0.198. The number of nitrogens with zero attached hydrogens (tertiary/aromatic N) is 2. The highest BCUT2D eigenvalue weighted by molar-refractivity contribution is 5.83. The van der Waals surface area contributed by atoms with Crippen LogP contribution in [0.4, 0.5) is 0 Å². The molecule has 128 valence electrons. The Bertz CT molecular complexity index is 531. The number of rotatable bonds is 3. The highest BCUT2D eigenvalue weighted by Crippen LogP contribution is 2.29. The van der Waals surface area contributed by atoms with Crippen molar-refractivity contribution in [2.75, 3.05) is 33.7 Å². The SMILES string of the molecule is CC1CNCCN1C(C(=O)N(C)C)c1ccc(C(C)(C)C)cc1. The summed E-state index contributed by atoms with van der Waals surface area (Å²) >= 11 is 0. The number of likely N-dealkylation sites (N-methyl/N-ethyl adjacent to an activating group) is 1. The fourth-order valence-corrected chi connectivity index (χ4v) is 3.13. The van der Waals surface area contributed by atoms with Crippen molar-refractivity contribution in [3.8, 4) is 0 Å². The van der Waals surface area contributed by atoms with Crippen molar-refractivity contribution in [1.82, 2.24) is 15.1 Å². The van der Waals surface area contributed by atoms with E-state index in [1.165, 1.54) is 5.56 Å². The monoisotopic (exact) mass is 317 g/mol. The predicted octanol–water partition coefficient (Wildman–Crippen LogP) is 2.41. The van der Waals surface area contributed by atoms with Crippen molar-refractivity contribution in [2.45, 2.75) is 45.2 Å². The number of amides is 1. The Morgan fingerprint density at radius 2 is 1.87 bits per heavy atom. The Morgan fingerprint density at radius 1 is 1.26 bits per heavy atom. The molecule has 1 aliphatic rings. The van der Waals surface area contributed by atoms with E-state index in [0.717, 1.165) is 25.2 Å².